The van der Waals surface area contributed by atoms with Crippen LogP contribution >= 0.6 is 11.3 Å². The maximum atomic E-state index is 12.7. The number of fused-ring (bicyclic) bond motifs is 2. The molecule has 1 atom stereocenters. The summed E-state index contributed by atoms with van der Waals surface area (Å²) in [4.78, 5) is 37.0. The van der Waals surface area contributed by atoms with Crippen LogP contribution in [0.4, 0.5) is 0 Å². The Morgan fingerprint density at radius 1 is 1.08 bits per heavy atom. The maximum absolute atomic E-state index is 12.7. The van der Waals surface area contributed by atoms with Crippen LogP contribution in [0, 0.1) is 12.8 Å². The Hall–Kier alpha value is -3.75. The number of rotatable bonds is 8. The van der Waals surface area contributed by atoms with Crippen molar-refractivity contribution in [2.45, 2.75) is 38.6 Å². The smallest absolute Gasteiger partial charge is 0.244 e. The largest absolute Gasteiger partial charge is 0.344 e. The van der Waals surface area contributed by atoms with Gasteiger partial charge < -0.3 is 21.3 Å². The number of thiophene rings is 1. The second kappa shape index (κ2) is 14.4. The van der Waals surface area contributed by atoms with E-state index in [9.17, 15) is 14.4 Å². The molecule has 5 rings (SSSR count). The molecule has 2 heterocycles. The first kappa shape index (κ1) is 28.3. The molecule has 2 aromatic carbocycles. The third kappa shape index (κ3) is 7.88. The van der Waals surface area contributed by atoms with Crippen LogP contribution in [0.3, 0.4) is 0 Å². The van der Waals surface area contributed by atoms with E-state index in [0.29, 0.717) is 12.8 Å². The van der Waals surface area contributed by atoms with Crippen molar-refractivity contribution in [3.63, 3.8) is 0 Å². The molecular formula is C31H36N4O3S. The number of hydrogen-bond acceptors (Lipinski definition) is 5. The van der Waals surface area contributed by atoms with Gasteiger partial charge in [-0.05, 0) is 78.2 Å². The van der Waals surface area contributed by atoms with Gasteiger partial charge in [-0.3, -0.25) is 14.4 Å². The summed E-state index contributed by atoms with van der Waals surface area (Å²) in [7, 11) is 0. The van der Waals surface area contributed by atoms with Gasteiger partial charge in [0.15, 0.2) is 0 Å². The van der Waals surface area contributed by atoms with Crippen LogP contribution in [0.5, 0.6) is 0 Å². The van der Waals surface area contributed by atoms with Crippen LogP contribution < -0.4 is 21.3 Å². The Bertz CT molecular complexity index is 1340. The van der Waals surface area contributed by atoms with E-state index in [1.54, 1.807) is 11.3 Å². The van der Waals surface area contributed by atoms with Gasteiger partial charge in [0.25, 0.3) is 0 Å². The monoisotopic (exact) mass is 544 g/mol. The number of carbonyl (C=O) groups excluding carboxylic acids is 3. The highest BCUT2D eigenvalue weighted by Gasteiger charge is 2.27. The first-order valence-corrected chi connectivity index (χ1v) is 14.3. The molecule has 3 aromatic rings. The van der Waals surface area contributed by atoms with Crippen molar-refractivity contribution in [1.29, 1.82) is 0 Å². The zero-order valence-electron chi connectivity index (χ0n) is 22.2. The molecule has 0 spiro atoms. The Balaban J connectivity index is 0.000000265. The molecule has 1 aliphatic carbocycles. The fraction of sp³-hybridized carbons (Fsp3) is 0.323. The number of nitrogens with one attached hydrogen (secondary N) is 4. The summed E-state index contributed by atoms with van der Waals surface area (Å²) < 4.78 is 0. The van der Waals surface area contributed by atoms with Gasteiger partial charge in [0.2, 0.25) is 18.2 Å². The molecule has 1 unspecified atom stereocenters. The van der Waals surface area contributed by atoms with Crippen LogP contribution in [0.2, 0.25) is 0 Å². The second-order valence-corrected chi connectivity index (χ2v) is 10.6. The van der Waals surface area contributed by atoms with Crippen molar-refractivity contribution in [2.75, 3.05) is 19.8 Å². The van der Waals surface area contributed by atoms with Crippen molar-refractivity contribution < 1.29 is 14.4 Å². The number of carbonyl (C=O) groups is 3. The van der Waals surface area contributed by atoms with Crippen molar-refractivity contribution in [3.8, 4) is 0 Å². The summed E-state index contributed by atoms with van der Waals surface area (Å²) in [5.74, 6) is -0.460. The molecule has 4 N–H and O–H groups in total. The van der Waals surface area contributed by atoms with Crippen LogP contribution in [-0.4, -0.2) is 44.0 Å². The molecule has 1 aliphatic heterocycles. The van der Waals surface area contributed by atoms with E-state index in [2.05, 4.69) is 95.0 Å². The molecule has 0 radical (unpaired) electrons. The molecule has 3 amide bonds. The summed E-state index contributed by atoms with van der Waals surface area (Å²) >= 11 is 1.64. The quantitative estimate of drug-likeness (QED) is 0.194. The van der Waals surface area contributed by atoms with E-state index < -0.39 is 6.04 Å². The number of amides is 3. The third-order valence-electron chi connectivity index (χ3n) is 6.99. The van der Waals surface area contributed by atoms with Crippen molar-refractivity contribution in [3.05, 3.63) is 81.6 Å². The highest BCUT2D eigenvalue weighted by molar-refractivity contribution is 7.11. The SMILES string of the molecule is Cc1cccc2ccccc12.O=CNCNC(=O)C(Cc1csc2c1C=CCC=C2)NC(=O)C1CCNCC1. The number of piperidine rings is 1. The van der Waals surface area contributed by atoms with E-state index >= 15 is 0 Å². The molecule has 8 heteroatoms. The highest BCUT2D eigenvalue weighted by Crippen LogP contribution is 2.29. The Labute approximate surface area is 233 Å². The predicted octanol–water partition coefficient (Wildman–Crippen LogP) is 4.17. The molecule has 204 valence electrons. The summed E-state index contributed by atoms with van der Waals surface area (Å²) in [6.45, 7) is 3.80. The van der Waals surface area contributed by atoms with Gasteiger partial charge >= 0.3 is 0 Å². The Morgan fingerprint density at radius 3 is 2.64 bits per heavy atom. The van der Waals surface area contributed by atoms with Crippen molar-refractivity contribution in [1.82, 2.24) is 21.3 Å². The number of hydrogen-bond donors (Lipinski definition) is 4. The van der Waals surface area contributed by atoms with Crippen molar-refractivity contribution >= 4 is 52.5 Å². The minimum absolute atomic E-state index is 0.0342. The lowest BCUT2D eigenvalue weighted by molar-refractivity contribution is -0.131. The molecule has 2 aliphatic rings. The van der Waals surface area contributed by atoms with E-state index in [4.69, 9.17) is 0 Å². The first-order valence-electron chi connectivity index (χ1n) is 13.4. The zero-order valence-corrected chi connectivity index (χ0v) is 23.1. The second-order valence-electron chi connectivity index (χ2n) is 9.70. The molecule has 7 nitrogen and oxygen atoms in total. The summed E-state index contributed by atoms with van der Waals surface area (Å²) in [5.41, 5.74) is 3.50. The molecule has 0 bridgehead atoms. The molecular weight excluding hydrogens is 508 g/mol. The van der Waals surface area contributed by atoms with Gasteiger partial charge in [0.05, 0.1) is 6.67 Å². The van der Waals surface area contributed by atoms with Gasteiger partial charge in [-0.25, -0.2) is 0 Å². The van der Waals surface area contributed by atoms with Crippen LogP contribution in [0.15, 0.2) is 60.0 Å². The molecule has 1 aromatic heterocycles. The molecule has 1 saturated heterocycles. The average molecular weight is 545 g/mol. The van der Waals surface area contributed by atoms with Crippen LogP contribution in [0.25, 0.3) is 22.9 Å². The summed E-state index contributed by atoms with van der Waals surface area (Å²) in [5, 5.41) is 16.0. The predicted molar refractivity (Wildman–Crippen MR) is 159 cm³/mol. The van der Waals surface area contributed by atoms with E-state index in [1.165, 1.54) is 16.3 Å². The molecule has 1 fully saturated rings. The van der Waals surface area contributed by atoms with Crippen LogP contribution in [0.1, 0.15) is 40.8 Å². The van der Waals surface area contributed by atoms with Crippen LogP contribution in [-0.2, 0) is 20.8 Å². The number of benzene rings is 2. The van der Waals surface area contributed by atoms with E-state index in [1.807, 2.05) is 5.38 Å². The topological polar surface area (TPSA) is 99.3 Å². The number of allylic oxidation sites excluding steroid dienone is 2. The zero-order chi connectivity index (χ0) is 27.5. The van der Waals surface area contributed by atoms with E-state index in [-0.39, 0.29) is 24.4 Å². The first-order chi connectivity index (χ1) is 19.1. The maximum Gasteiger partial charge on any atom is 0.244 e. The van der Waals surface area contributed by atoms with Gasteiger partial charge in [-0.2, -0.15) is 0 Å². The average Bonchev–Trinajstić information content (AvgIpc) is 3.18. The lowest BCUT2D eigenvalue weighted by Gasteiger charge is -2.25. The lowest BCUT2D eigenvalue weighted by atomic mass is 9.96. The normalized spacial score (nSPS) is 15.3. The van der Waals surface area contributed by atoms with Gasteiger partial charge in [-0.1, -0.05) is 60.7 Å². The Kier molecular flexibility index (Phi) is 10.4. The van der Waals surface area contributed by atoms with Gasteiger partial charge in [0.1, 0.15) is 6.04 Å². The standard InChI is InChI=1S/C20H26N4O3S.C11H10/c25-13-22-12-23-20(27)17(24-19(26)14-6-8-21-9-7-14)10-15-11-28-18-5-3-1-2-4-16(15)18;1-9-5-4-7-10-6-2-3-8-11(9)10/h2-5,11,13-14,17,21H,1,6-10,12H2,(H,22,25)(H,23,27)(H,24,26);2-8H,1H3. The summed E-state index contributed by atoms with van der Waals surface area (Å²) in [6.07, 6.45) is 11.7. The molecule has 39 heavy (non-hydrogen) atoms. The Morgan fingerprint density at radius 2 is 1.85 bits per heavy atom. The lowest BCUT2D eigenvalue weighted by Crippen LogP contribution is -2.52. The minimum atomic E-state index is -0.685. The third-order valence-corrected chi connectivity index (χ3v) is 8.00. The molecule has 0 saturated carbocycles. The number of aryl methyl sites for hydroxylation is 1. The van der Waals surface area contributed by atoms with Crippen molar-refractivity contribution in [2.24, 2.45) is 5.92 Å². The fourth-order valence-corrected chi connectivity index (χ4v) is 5.82. The fourth-order valence-electron chi connectivity index (χ4n) is 4.83. The highest BCUT2D eigenvalue weighted by atomic mass is 32.1. The summed E-state index contributed by atoms with van der Waals surface area (Å²) in [6, 6.07) is 14.1. The van der Waals surface area contributed by atoms with Gasteiger partial charge in [0, 0.05) is 17.2 Å². The van der Waals surface area contributed by atoms with Gasteiger partial charge in [-0.15, -0.1) is 11.3 Å². The minimum Gasteiger partial charge on any atom is -0.344 e. The van der Waals surface area contributed by atoms with E-state index in [0.717, 1.165) is 48.4 Å².